The summed E-state index contributed by atoms with van der Waals surface area (Å²) in [5.74, 6) is -0.899. The SMILES string of the molecule is Cn1c2c(c3ccccc31)C(=O)CCN(S(=O)(=O)c1ccccc1)C2=O. The van der Waals surface area contributed by atoms with Crippen LogP contribution in [0.5, 0.6) is 0 Å². The molecule has 4 rings (SSSR count). The van der Waals surface area contributed by atoms with Crippen molar-refractivity contribution < 1.29 is 18.0 Å². The molecule has 0 saturated carbocycles. The topological polar surface area (TPSA) is 76.5 Å². The summed E-state index contributed by atoms with van der Waals surface area (Å²) in [5.41, 5.74) is 1.14. The monoisotopic (exact) mass is 368 g/mol. The second kappa shape index (κ2) is 5.81. The number of amides is 1. The maximum absolute atomic E-state index is 13.2. The first kappa shape index (κ1) is 16.5. The number of aryl methyl sites for hydroxylation is 1. The molecular formula is C19H16N2O4S. The van der Waals surface area contributed by atoms with Gasteiger partial charge in [0.1, 0.15) is 5.69 Å². The van der Waals surface area contributed by atoms with Gasteiger partial charge >= 0.3 is 0 Å². The van der Waals surface area contributed by atoms with Crippen molar-refractivity contribution in [3.05, 3.63) is 65.9 Å². The van der Waals surface area contributed by atoms with E-state index in [0.29, 0.717) is 10.9 Å². The molecule has 2 heterocycles. The number of Topliss-reactive ketones (excluding diaryl/α,β-unsaturated/α-hetero) is 1. The second-order valence-corrected chi connectivity index (χ2v) is 8.03. The van der Waals surface area contributed by atoms with E-state index in [1.54, 1.807) is 48.0 Å². The van der Waals surface area contributed by atoms with Gasteiger partial charge in [-0.05, 0) is 18.2 Å². The number of aromatic nitrogens is 1. The third-order valence-electron chi connectivity index (χ3n) is 4.69. The van der Waals surface area contributed by atoms with Crippen molar-refractivity contribution in [3.63, 3.8) is 0 Å². The van der Waals surface area contributed by atoms with Gasteiger partial charge < -0.3 is 4.57 Å². The Balaban J connectivity index is 1.94. The molecule has 1 aromatic heterocycles. The van der Waals surface area contributed by atoms with Crippen molar-refractivity contribution in [2.75, 3.05) is 6.54 Å². The molecule has 0 N–H and O–H groups in total. The number of hydrogen-bond donors (Lipinski definition) is 0. The zero-order chi connectivity index (χ0) is 18.5. The first-order valence-electron chi connectivity index (χ1n) is 8.15. The molecular weight excluding hydrogens is 352 g/mol. The fourth-order valence-corrected chi connectivity index (χ4v) is 4.81. The summed E-state index contributed by atoms with van der Waals surface area (Å²) in [7, 11) is -2.37. The quantitative estimate of drug-likeness (QED) is 0.697. The van der Waals surface area contributed by atoms with Crippen molar-refractivity contribution in [2.24, 2.45) is 7.05 Å². The fourth-order valence-electron chi connectivity index (χ4n) is 3.42. The largest absolute Gasteiger partial charge is 0.339 e. The average molecular weight is 368 g/mol. The number of ketones is 1. The highest BCUT2D eigenvalue weighted by Gasteiger charge is 2.38. The highest BCUT2D eigenvalue weighted by molar-refractivity contribution is 7.89. The maximum atomic E-state index is 13.2. The summed E-state index contributed by atoms with van der Waals surface area (Å²) in [6.45, 7) is -0.169. The van der Waals surface area contributed by atoms with Crippen LogP contribution >= 0.6 is 0 Å². The number of para-hydroxylation sites is 1. The molecule has 0 radical (unpaired) electrons. The molecule has 2 aromatic carbocycles. The van der Waals surface area contributed by atoms with Crippen LogP contribution in [0.15, 0.2) is 59.5 Å². The van der Waals surface area contributed by atoms with E-state index < -0.39 is 15.9 Å². The molecule has 0 atom stereocenters. The summed E-state index contributed by atoms with van der Waals surface area (Å²) in [6.07, 6.45) is -0.0428. The summed E-state index contributed by atoms with van der Waals surface area (Å²) in [5, 5.41) is 0.669. The van der Waals surface area contributed by atoms with E-state index in [-0.39, 0.29) is 29.3 Å². The number of carbonyl (C=O) groups excluding carboxylic acids is 2. The molecule has 0 aliphatic carbocycles. The summed E-state index contributed by atoms with van der Waals surface area (Å²) in [6, 6.07) is 15.0. The lowest BCUT2D eigenvalue weighted by molar-refractivity contribution is 0.0856. The third-order valence-corrected chi connectivity index (χ3v) is 6.48. The smallest absolute Gasteiger partial charge is 0.285 e. The Bertz CT molecular complexity index is 1150. The van der Waals surface area contributed by atoms with E-state index >= 15 is 0 Å². The molecule has 0 fully saturated rings. The third kappa shape index (κ3) is 2.28. The van der Waals surface area contributed by atoms with Crippen LogP contribution in [0.4, 0.5) is 0 Å². The predicted octanol–water partition coefficient (Wildman–Crippen LogP) is 2.60. The van der Waals surface area contributed by atoms with Crippen molar-refractivity contribution in [3.8, 4) is 0 Å². The lowest BCUT2D eigenvalue weighted by Crippen LogP contribution is -2.37. The molecule has 132 valence electrons. The average Bonchev–Trinajstić information content (AvgIpc) is 2.87. The normalized spacial score (nSPS) is 15.2. The van der Waals surface area contributed by atoms with E-state index in [4.69, 9.17) is 0 Å². The van der Waals surface area contributed by atoms with Crippen LogP contribution in [0.2, 0.25) is 0 Å². The molecule has 1 aliphatic heterocycles. The predicted molar refractivity (Wildman–Crippen MR) is 96.5 cm³/mol. The van der Waals surface area contributed by atoms with Crippen molar-refractivity contribution >= 4 is 32.6 Å². The first-order chi connectivity index (χ1) is 12.4. The van der Waals surface area contributed by atoms with Gasteiger partial charge in [-0.1, -0.05) is 36.4 Å². The molecule has 0 spiro atoms. The molecule has 26 heavy (non-hydrogen) atoms. The molecule has 3 aromatic rings. The Labute approximate surface area is 150 Å². The number of hydrogen-bond acceptors (Lipinski definition) is 4. The minimum atomic E-state index is -4.04. The van der Waals surface area contributed by atoms with Crippen molar-refractivity contribution in [1.82, 2.24) is 8.87 Å². The maximum Gasteiger partial charge on any atom is 0.285 e. The van der Waals surface area contributed by atoms with Gasteiger partial charge in [0, 0.05) is 30.9 Å². The van der Waals surface area contributed by atoms with Crippen LogP contribution in [0.25, 0.3) is 10.9 Å². The van der Waals surface area contributed by atoms with E-state index in [9.17, 15) is 18.0 Å². The Morgan fingerprint density at radius 1 is 0.923 bits per heavy atom. The highest BCUT2D eigenvalue weighted by atomic mass is 32.2. The van der Waals surface area contributed by atoms with Crippen LogP contribution in [0.3, 0.4) is 0 Å². The zero-order valence-corrected chi connectivity index (χ0v) is 14.9. The van der Waals surface area contributed by atoms with E-state index in [1.807, 2.05) is 6.07 Å². The number of rotatable bonds is 2. The molecule has 0 bridgehead atoms. The summed E-state index contributed by atoms with van der Waals surface area (Å²) < 4.78 is 28.4. The van der Waals surface area contributed by atoms with Gasteiger partial charge in [-0.25, -0.2) is 12.7 Å². The van der Waals surface area contributed by atoms with Gasteiger partial charge in [0.2, 0.25) is 0 Å². The van der Waals surface area contributed by atoms with E-state index in [2.05, 4.69) is 0 Å². The van der Waals surface area contributed by atoms with Gasteiger partial charge in [-0.2, -0.15) is 0 Å². The Morgan fingerprint density at radius 2 is 1.58 bits per heavy atom. The molecule has 6 nitrogen and oxygen atoms in total. The number of sulfonamides is 1. The first-order valence-corrected chi connectivity index (χ1v) is 9.59. The highest BCUT2D eigenvalue weighted by Crippen LogP contribution is 2.31. The van der Waals surface area contributed by atoms with Crippen LogP contribution in [0, 0.1) is 0 Å². The van der Waals surface area contributed by atoms with Crippen LogP contribution in [0.1, 0.15) is 27.3 Å². The Hall–Kier alpha value is -2.93. The number of nitrogens with zero attached hydrogens (tertiary/aromatic N) is 2. The molecule has 1 amide bonds. The number of carbonyl (C=O) groups is 2. The van der Waals surface area contributed by atoms with Crippen LogP contribution < -0.4 is 0 Å². The molecule has 1 aliphatic rings. The molecule has 7 heteroatoms. The second-order valence-electron chi connectivity index (χ2n) is 6.17. The van der Waals surface area contributed by atoms with Gasteiger partial charge in [0.25, 0.3) is 15.9 Å². The Morgan fingerprint density at radius 3 is 2.31 bits per heavy atom. The van der Waals surface area contributed by atoms with Crippen LogP contribution in [-0.4, -0.2) is 35.5 Å². The van der Waals surface area contributed by atoms with Crippen LogP contribution in [-0.2, 0) is 17.1 Å². The lowest BCUT2D eigenvalue weighted by Gasteiger charge is -2.21. The van der Waals surface area contributed by atoms with E-state index in [0.717, 1.165) is 9.82 Å². The lowest BCUT2D eigenvalue weighted by atomic mass is 10.1. The number of benzene rings is 2. The number of fused-ring (bicyclic) bond motifs is 3. The zero-order valence-electron chi connectivity index (χ0n) is 14.0. The van der Waals surface area contributed by atoms with Crippen molar-refractivity contribution in [2.45, 2.75) is 11.3 Å². The summed E-state index contributed by atoms with van der Waals surface area (Å²) in [4.78, 5) is 25.9. The molecule has 0 saturated heterocycles. The minimum Gasteiger partial charge on any atom is -0.339 e. The van der Waals surface area contributed by atoms with Gasteiger partial charge in [-0.15, -0.1) is 0 Å². The minimum absolute atomic E-state index is 0.0306. The van der Waals surface area contributed by atoms with Gasteiger partial charge in [0.05, 0.1) is 10.5 Å². The fraction of sp³-hybridized carbons (Fsp3) is 0.158. The standard InChI is InChI=1S/C19H16N2O4S/c1-20-15-10-6-5-9-14(15)17-16(22)11-12-21(19(23)18(17)20)26(24,25)13-7-3-2-4-8-13/h2-10H,11-12H2,1H3. The molecule has 0 unspecified atom stereocenters. The van der Waals surface area contributed by atoms with Gasteiger partial charge in [-0.3, -0.25) is 9.59 Å². The Kier molecular flexibility index (Phi) is 3.69. The van der Waals surface area contributed by atoms with Crippen molar-refractivity contribution in [1.29, 1.82) is 0 Å². The van der Waals surface area contributed by atoms with E-state index in [1.165, 1.54) is 12.1 Å². The van der Waals surface area contributed by atoms with Gasteiger partial charge in [0.15, 0.2) is 5.78 Å². The summed E-state index contributed by atoms with van der Waals surface area (Å²) >= 11 is 0.